The molecule has 3 heteroatoms. The van der Waals surface area contributed by atoms with E-state index < -0.39 is 0 Å². The average molecular weight is 321 g/mol. The highest BCUT2D eigenvalue weighted by Crippen LogP contribution is 2.40. The Morgan fingerprint density at radius 2 is 1.70 bits per heavy atom. The summed E-state index contributed by atoms with van der Waals surface area (Å²) in [4.78, 5) is 16.6. The highest BCUT2D eigenvalue weighted by molar-refractivity contribution is 5.77. The quantitative estimate of drug-likeness (QED) is 0.566. The Morgan fingerprint density at radius 3 is 2.26 bits per heavy atom. The molecule has 2 heterocycles. The molecule has 0 bridgehead atoms. The Bertz CT molecular complexity index is 392. The Labute approximate surface area is 143 Å². The summed E-state index contributed by atoms with van der Waals surface area (Å²) in [5.74, 6) is 6.76. The van der Waals surface area contributed by atoms with E-state index in [4.69, 9.17) is 0 Å². The lowest BCUT2D eigenvalue weighted by Gasteiger charge is -2.54. The zero-order valence-electron chi connectivity index (χ0n) is 15.8. The van der Waals surface area contributed by atoms with Gasteiger partial charge in [-0.15, -0.1) is 5.92 Å². The first-order valence-corrected chi connectivity index (χ1v) is 9.65. The summed E-state index contributed by atoms with van der Waals surface area (Å²) in [6, 6.07) is 0. The van der Waals surface area contributed by atoms with Crippen molar-refractivity contribution in [3.8, 4) is 11.8 Å². The number of hydrogen-bond acceptors (Lipinski definition) is 2. The fourth-order valence-electron chi connectivity index (χ4n) is 3.42. The Kier molecular flexibility index (Phi) is 9.33. The van der Waals surface area contributed by atoms with Gasteiger partial charge in [-0.25, -0.2) is 0 Å². The van der Waals surface area contributed by atoms with Gasteiger partial charge in [0.05, 0.1) is 6.54 Å². The summed E-state index contributed by atoms with van der Waals surface area (Å²) < 4.78 is 0. The second kappa shape index (κ2) is 10.7. The fraction of sp³-hybridized carbons (Fsp3) is 0.850. The largest absolute Gasteiger partial charge is 0.341 e. The molecule has 0 aliphatic carbocycles. The van der Waals surface area contributed by atoms with Gasteiger partial charge in [-0.05, 0) is 32.4 Å². The molecule has 0 aromatic rings. The van der Waals surface area contributed by atoms with E-state index in [0.717, 1.165) is 52.0 Å². The van der Waals surface area contributed by atoms with Crippen LogP contribution in [0.1, 0.15) is 72.6 Å². The minimum Gasteiger partial charge on any atom is -0.341 e. The van der Waals surface area contributed by atoms with Crippen LogP contribution in [0.5, 0.6) is 0 Å². The van der Waals surface area contributed by atoms with Gasteiger partial charge in [0.2, 0.25) is 5.91 Å². The summed E-state index contributed by atoms with van der Waals surface area (Å²) in [5.41, 5.74) is 0.440. The lowest BCUT2D eigenvalue weighted by molar-refractivity contribution is -0.146. The molecule has 132 valence electrons. The van der Waals surface area contributed by atoms with Gasteiger partial charge in [-0.2, -0.15) is 0 Å². The van der Waals surface area contributed by atoms with E-state index in [1.807, 2.05) is 13.8 Å². The first kappa shape index (κ1) is 20.0. The van der Waals surface area contributed by atoms with Crippen LogP contribution in [0.4, 0.5) is 0 Å². The predicted octanol–water partition coefficient (Wildman–Crippen LogP) is 3.93. The summed E-state index contributed by atoms with van der Waals surface area (Å²) in [7, 11) is 0. The highest BCUT2D eigenvalue weighted by atomic mass is 16.2. The molecule has 0 atom stereocenters. The van der Waals surface area contributed by atoms with Crippen LogP contribution in [-0.2, 0) is 4.79 Å². The van der Waals surface area contributed by atoms with Crippen molar-refractivity contribution in [3.63, 3.8) is 0 Å². The molecule has 23 heavy (non-hydrogen) atoms. The third kappa shape index (κ3) is 6.18. The maximum atomic E-state index is 12.1. The first-order valence-electron chi connectivity index (χ1n) is 9.65. The monoisotopic (exact) mass is 320 g/mol. The summed E-state index contributed by atoms with van der Waals surface area (Å²) in [6.07, 6.45) is 7.60. The maximum absolute atomic E-state index is 12.1. The zero-order chi connectivity index (χ0) is 17.1. The van der Waals surface area contributed by atoms with Gasteiger partial charge < -0.3 is 4.90 Å². The Morgan fingerprint density at radius 1 is 1.04 bits per heavy atom. The van der Waals surface area contributed by atoms with Gasteiger partial charge in [0, 0.05) is 31.3 Å². The highest BCUT2D eigenvalue weighted by Gasteiger charge is 2.46. The van der Waals surface area contributed by atoms with Crippen molar-refractivity contribution in [2.45, 2.75) is 72.6 Å². The number of nitrogens with zero attached hydrogens (tertiary/aromatic N) is 2. The van der Waals surface area contributed by atoms with Gasteiger partial charge in [-0.1, -0.05) is 46.5 Å². The van der Waals surface area contributed by atoms with E-state index in [1.54, 1.807) is 0 Å². The molecule has 0 aromatic heterocycles. The van der Waals surface area contributed by atoms with Gasteiger partial charge in [0.25, 0.3) is 0 Å². The molecule has 1 spiro atoms. The minimum absolute atomic E-state index is 0.380. The molecule has 1 amide bonds. The molecule has 3 nitrogen and oxygen atoms in total. The maximum Gasteiger partial charge on any atom is 0.222 e. The van der Waals surface area contributed by atoms with Crippen molar-refractivity contribution < 1.29 is 4.79 Å². The number of piperidine rings is 1. The Hall–Kier alpha value is -1.01. The van der Waals surface area contributed by atoms with Gasteiger partial charge in [0.15, 0.2) is 0 Å². The summed E-state index contributed by atoms with van der Waals surface area (Å²) in [5, 5.41) is 0. The van der Waals surface area contributed by atoms with E-state index in [2.05, 4.69) is 35.5 Å². The smallest absolute Gasteiger partial charge is 0.222 e. The molecule has 2 aliphatic rings. The number of hydrogen-bond donors (Lipinski definition) is 0. The standard InChI is InChI=1S/C18H30N2O.C2H6/c1-3-5-7-9-17(21)20-15-18(16-20)10-13-19(14-11-18)12-8-6-4-2;1-2/h3-5,7,9-16H2,1-2H3;1-2H3. The summed E-state index contributed by atoms with van der Waals surface area (Å²) in [6.45, 7) is 13.5. The third-order valence-corrected chi connectivity index (χ3v) is 4.92. The number of amides is 1. The van der Waals surface area contributed by atoms with Crippen LogP contribution in [0.25, 0.3) is 0 Å². The molecule has 0 aromatic carbocycles. The van der Waals surface area contributed by atoms with Gasteiger partial charge in [-0.3, -0.25) is 9.69 Å². The average Bonchev–Trinajstić information content (AvgIpc) is 2.56. The van der Waals surface area contributed by atoms with E-state index in [9.17, 15) is 4.79 Å². The molecule has 0 unspecified atom stereocenters. The van der Waals surface area contributed by atoms with Crippen LogP contribution in [0, 0.1) is 17.3 Å². The van der Waals surface area contributed by atoms with Crippen molar-refractivity contribution in [3.05, 3.63) is 0 Å². The molecule has 0 saturated carbocycles. The van der Waals surface area contributed by atoms with E-state index in [-0.39, 0.29) is 0 Å². The van der Waals surface area contributed by atoms with Crippen molar-refractivity contribution in [2.75, 3.05) is 32.7 Å². The molecule has 0 radical (unpaired) electrons. The minimum atomic E-state index is 0.380. The topological polar surface area (TPSA) is 23.6 Å². The number of unbranched alkanes of at least 4 members (excludes halogenated alkanes) is 2. The van der Waals surface area contributed by atoms with Crippen LogP contribution in [0.15, 0.2) is 0 Å². The zero-order valence-corrected chi connectivity index (χ0v) is 15.8. The molecule has 0 N–H and O–H groups in total. The van der Waals surface area contributed by atoms with Crippen LogP contribution in [-0.4, -0.2) is 48.4 Å². The molecular weight excluding hydrogens is 284 g/mol. The van der Waals surface area contributed by atoms with Crippen LogP contribution in [0.3, 0.4) is 0 Å². The molecule has 2 fully saturated rings. The fourth-order valence-corrected chi connectivity index (χ4v) is 3.42. The molecule has 2 aliphatic heterocycles. The van der Waals surface area contributed by atoms with Crippen molar-refractivity contribution in [1.82, 2.24) is 9.80 Å². The lowest BCUT2D eigenvalue weighted by atomic mass is 9.72. The number of likely N-dealkylation sites (tertiary alicyclic amines) is 2. The van der Waals surface area contributed by atoms with Crippen LogP contribution >= 0.6 is 0 Å². The predicted molar refractivity (Wildman–Crippen MR) is 98.2 cm³/mol. The van der Waals surface area contributed by atoms with Crippen molar-refractivity contribution in [2.24, 2.45) is 5.41 Å². The van der Waals surface area contributed by atoms with Crippen LogP contribution in [0.2, 0.25) is 0 Å². The van der Waals surface area contributed by atoms with Gasteiger partial charge in [0.1, 0.15) is 0 Å². The van der Waals surface area contributed by atoms with Crippen molar-refractivity contribution in [1.29, 1.82) is 0 Å². The van der Waals surface area contributed by atoms with E-state index in [0.29, 0.717) is 11.3 Å². The third-order valence-electron chi connectivity index (χ3n) is 4.92. The second-order valence-electron chi connectivity index (χ2n) is 6.69. The SMILES string of the molecule is CC.CCC#CCN1CCC2(CC1)CN(C(=O)CCCCC)C2. The van der Waals surface area contributed by atoms with E-state index >= 15 is 0 Å². The Balaban J connectivity index is 0.00000127. The second-order valence-corrected chi connectivity index (χ2v) is 6.69. The lowest BCUT2D eigenvalue weighted by Crippen LogP contribution is -2.61. The van der Waals surface area contributed by atoms with E-state index in [1.165, 1.54) is 25.7 Å². The molecular formula is C20H36N2O. The molecule has 2 rings (SSSR count). The normalized spacial score (nSPS) is 19.2. The first-order chi connectivity index (χ1) is 11.2. The number of rotatable bonds is 5. The number of carbonyl (C=O) groups is 1. The van der Waals surface area contributed by atoms with Crippen molar-refractivity contribution >= 4 is 5.91 Å². The number of carbonyl (C=O) groups excluding carboxylic acids is 1. The summed E-state index contributed by atoms with van der Waals surface area (Å²) >= 11 is 0. The van der Waals surface area contributed by atoms with Crippen LogP contribution < -0.4 is 0 Å². The molecule has 2 saturated heterocycles. The van der Waals surface area contributed by atoms with Gasteiger partial charge >= 0.3 is 0 Å².